The molecular weight excluding hydrogens is 270 g/mol. The van der Waals surface area contributed by atoms with Crippen LogP contribution in [0.5, 0.6) is 0 Å². The van der Waals surface area contributed by atoms with Gasteiger partial charge in [-0.15, -0.1) is 5.10 Å². The molecule has 1 N–H and O–H groups in total. The molecule has 21 heavy (non-hydrogen) atoms. The average Bonchev–Trinajstić information content (AvgIpc) is 2.98. The summed E-state index contributed by atoms with van der Waals surface area (Å²) in [5.74, 6) is 0. The van der Waals surface area contributed by atoms with Crippen molar-refractivity contribution in [2.45, 2.75) is 26.1 Å². The van der Waals surface area contributed by atoms with Crippen molar-refractivity contribution in [3.8, 4) is 5.69 Å². The molecule has 1 fully saturated rings. The van der Waals surface area contributed by atoms with E-state index in [1.54, 1.807) is 16.9 Å². The molecule has 1 aliphatic heterocycles. The topological polar surface area (TPSA) is 76.3 Å². The van der Waals surface area contributed by atoms with Gasteiger partial charge in [0.2, 0.25) is 0 Å². The maximum absolute atomic E-state index is 9.13. The lowest BCUT2D eigenvalue weighted by molar-refractivity contribution is -0.00492. The molecule has 7 heteroatoms. The summed E-state index contributed by atoms with van der Waals surface area (Å²) < 4.78 is 7.15. The summed E-state index contributed by atoms with van der Waals surface area (Å²) in [6, 6.07) is 4.04. The van der Waals surface area contributed by atoms with Crippen LogP contribution in [0.2, 0.25) is 0 Å². The molecule has 0 aromatic carbocycles. The molecular formula is C14H19N5O2. The summed E-state index contributed by atoms with van der Waals surface area (Å²) in [5, 5.41) is 17.5. The molecule has 1 saturated heterocycles. The fourth-order valence-corrected chi connectivity index (χ4v) is 2.40. The van der Waals surface area contributed by atoms with Crippen LogP contribution < -0.4 is 0 Å². The Balaban J connectivity index is 1.73. The molecule has 7 nitrogen and oxygen atoms in total. The summed E-state index contributed by atoms with van der Waals surface area (Å²) >= 11 is 0. The Morgan fingerprint density at radius 1 is 1.43 bits per heavy atom. The van der Waals surface area contributed by atoms with Gasteiger partial charge in [-0.3, -0.25) is 9.88 Å². The minimum atomic E-state index is -0.0827. The Morgan fingerprint density at radius 3 is 3.14 bits per heavy atom. The van der Waals surface area contributed by atoms with Gasteiger partial charge >= 0.3 is 0 Å². The number of aliphatic hydroxyl groups excluding tert-OH is 1. The molecule has 2 aromatic rings. The first-order valence-electron chi connectivity index (χ1n) is 7.05. The zero-order valence-electron chi connectivity index (χ0n) is 12.0. The first kappa shape index (κ1) is 14.1. The Hall–Kier alpha value is -1.83. The number of hydrogen-bond donors (Lipinski definition) is 1. The number of morpholine rings is 1. The second-order valence-corrected chi connectivity index (χ2v) is 5.21. The lowest BCUT2D eigenvalue weighted by Gasteiger charge is -2.32. The van der Waals surface area contributed by atoms with Crippen molar-refractivity contribution in [2.24, 2.45) is 0 Å². The third-order valence-corrected chi connectivity index (χ3v) is 3.64. The van der Waals surface area contributed by atoms with Crippen molar-refractivity contribution in [1.82, 2.24) is 24.9 Å². The molecule has 0 saturated carbocycles. The fourth-order valence-electron chi connectivity index (χ4n) is 2.40. The van der Waals surface area contributed by atoms with Crippen molar-refractivity contribution in [3.05, 3.63) is 35.9 Å². The largest absolute Gasteiger partial charge is 0.390 e. The third-order valence-electron chi connectivity index (χ3n) is 3.64. The van der Waals surface area contributed by atoms with Crippen molar-refractivity contribution in [3.63, 3.8) is 0 Å². The predicted octanol–water partition coefficient (Wildman–Crippen LogP) is 0.375. The van der Waals surface area contributed by atoms with Crippen LogP contribution in [0.3, 0.4) is 0 Å². The van der Waals surface area contributed by atoms with Crippen LogP contribution in [0.4, 0.5) is 0 Å². The summed E-state index contributed by atoms with van der Waals surface area (Å²) in [7, 11) is 0. The van der Waals surface area contributed by atoms with Crippen LogP contribution in [0, 0.1) is 0 Å². The van der Waals surface area contributed by atoms with Crippen LogP contribution >= 0.6 is 0 Å². The monoisotopic (exact) mass is 289 g/mol. The number of nitrogens with zero attached hydrogens (tertiary/aromatic N) is 5. The van der Waals surface area contributed by atoms with Crippen molar-refractivity contribution in [2.75, 3.05) is 19.8 Å². The molecule has 3 rings (SSSR count). The number of rotatable bonds is 4. The lowest BCUT2D eigenvalue weighted by atomic mass is 10.2. The van der Waals surface area contributed by atoms with Crippen LogP contribution in [-0.4, -0.2) is 55.8 Å². The highest BCUT2D eigenvalue weighted by Crippen LogP contribution is 2.12. The van der Waals surface area contributed by atoms with Crippen molar-refractivity contribution in [1.29, 1.82) is 0 Å². The third kappa shape index (κ3) is 3.26. The van der Waals surface area contributed by atoms with Gasteiger partial charge in [0.05, 0.1) is 43.1 Å². The molecule has 0 bridgehead atoms. The highest BCUT2D eigenvalue weighted by molar-refractivity contribution is 5.30. The van der Waals surface area contributed by atoms with Gasteiger partial charge in [-0.05, 0) is 19.1 Å². The quantitative estimate of drug-likeness (QED) is 0.876. The molecule has 2 aromatic heterocycles. The molecule has 112 valence electrons. The van der Waals surface area contributed by atoms with Crippen molar-refractivity contribution >= 4 is 0 Å². The van der Waals surface area contributed by atoms with Crippen LogP contribution in [0.25, 0.3) is 5.69 Å². The van der Waals surface area contributed by atoms with Gasteiger partial charge in [0.15, 0.2) is 0 Å². The molecule has 0 radical (unpaired) electrons. The van der Waals surface area contributed by atoms with Crippen LogP contribution in [0.1, 0.15) is 18.3 Å². The fraction of sp³-hybridized carbons (Fsp3) is 0.500. The van der Waals surface area contributed by atoms with Gasteiger partial charge in [0.1, 0.15) is 0 Å². The smallest absolute Gasteiger partial charge is 0.0971 e. The molecule has 3 heterocycles. The summed E-state index contributed by atoms with van der Waals surface area (Å²) in [5.41, 5.74) is 2.39. The van der Waals surface area contributed by atoms with E-state index in [9.17, 15) is 0 Å². The maximum Gasteiger partial charge on any atom is 0.0971 e. The first-order chi connectivity index (χ1) is 10.3. The van der Waals surface area contributed by atoms with E-state index in [0.29, 0.717) is 11.7 Å². The maximum atomic E-state index is 9.13. The second kappa shape index (κ2) is 6.30. The number of hydrogen-bond acceptors (Lipinski definition) is 6. The van der Waals surface area contributed by atoms with Crippen LogP contribution in [-0.2, 0) is 17.9 Å². The first-order valence-corrected chi connectivity index (χ1v) is 7.05. The highest BCUT2D eigenvalue weighted by atomic mass is 16.5. The van der Waals surface area contributed by atoms with E-state index in [2.05, 4.69) is 27.1 Å². The molecule has 0 aliphatic carbocycles. The molecule has 0 unspecified atom stereocenters. The summed E-state index contributed by atoms with van der Waals surface area (Å²) in [4.78, 5) is 6.40. The summed E-state index contributed by atoms with van der Waals surface area (Å²) in [6.07, 6.45) is 3.57. The van der Waals surface area contributed by atoms with E-state index in [0.717, 1.165) is 37.7 Å². The van der Waals surface area contributed by atoms with E-state index in [4.69, 9.17) is 9.84 Å². The zero-order chi connectivity index (χ0) is 14.7. The van der Waals surface area contributed by atoms with Gasteiger partial charge in [-0.2, -0.15) is 0 Å². The molecule has 1 atom stereocenters. The highest BCUT2D eigenvalue weighted by Gasteiger charge is 2.19. The number of pyridine rings is 1. The van der Waals surface area contributed by atoms with E-state index in [-0.39, 0.29) is 6.61 Å². The van der Waals surface area contributed by atoms with E-state index in [1.807, 2.05) is 12.3 Å². The minimum Gasteiger partial charge on any atom is -0.390 e. The number of aromatic nitrogens is 4. The number of ether oxygens (including phenoxy) is 1. The molecule has 0 spiro atoms. The predicted molar refractivity (Wildman–Crippen MR) is 75.8 cm³/mol. The standard InChI is InChI=1S/C14H19N5O2/c1-11-10-21-5-4-18(11)7-13-8-19(17-16-13)14-2-3-15-12(6-14)9-20/h2-3,6,8,11,20H,4-5,7,9-10H2,1H3/t11-/m1/s1. The van der Waals surface area contributed by atoms with E-state index < -0.39 is 0 Å². The van der Waals surface area contributed by atoms with Gasteiger partial charge < -0.3 is 9.84 Å². The lowest BCUT2D eigenvalue weighted by Crippen LogP contribution is -2.42. The zero-order valence-corrected chi connectivity index (χ0v) is 12.0. The van der Waals surface area contributed by atoms with Gasteiger partial charge in [-0.1, -0.05) is 5.21 Å². The van der Waals surface area contributed by atoms with E-state index in [1.165, 1.54) is 0 Å². The Labute approximate surface area is 123 Å². The normalized spacial score (nSPS) is 19.8. The second-order valence-electron chi connectivity index (χ2n) is 5.21. The average molecular weight is 289 g/mol. The van der Waals surface area contributed by atoms with Crippen molar-refractivity contribution < 1.29 is 9.84 Å². The number of aliphatic hydroxyl groups is 1. The SMILES string of the molecule is C[C@@H]1COCCN1Cc1cn(-c2ccnc(CO)c2)nn1. The Kier molecular flexibility index (Phi) is 4.23. The minimum absolute atomic E-state index is 0.0827. The van der Waals surface area contributed by atoms with E-state index >= 15 is 0 Å². The van der Waals surface area contributed by atoms with Gasteiger partial charge in [-0.25, -0.2) is 4.68 Å². The molecule has 0 amide bonds. The molecule has 1 aliphatic rings. The van der Waals surface area contributed by atoms with Gasteiger partial charge in [0.25, 0.3) is 0 Å². The Bertz CT molecular complexity index is 601. The Morgan fingerprint density at radius 2 is 2.33 bits per heavy atom. The van der Waals surface area contributed by atoms with Gasteiger partial charge in [0, 0.05) is 25.3 Å². The van der Waals surface area contributed by atoms with Crippen LogP contribution in [0.15, 0.2) is 24.5 Å². The summed E-state index contributed by atoms with van der Waals surface area (Å²) in [6.45, 7) is 5.28.